The summed E-state index contributed by atoms with van der Waals surface area (Å²) in [6.07, 6.45) is 6.76. The zero-order chi connectivity index (χ0) is 11.5. The van der Waals surface area contributed by atoms with E-state index in [-0.39, 0.29) is 11.8 Å². The van der Waals surface area contributed by atoms with Gasteiger partial charge in [-0.05, 0) is 17.5 Å². The van der Waals surface area contributed by atoms with Crippen LogP contribution < -0.4 is 0 Å². The predicted molar refractivity (Wildman–Crippen MR) is 64.0 cm³/mol. The molecular formula is C14H15NO. The fraction of sp³-hybridized carbons (Fsp3) is 0.357. The number of rotatable bonds is 1. The summed E-state index contributed by atoms with van der Waals surface area (Å²) in [5.41, 5.74) is 2.36. The van der Waals surface area contributed by atoms with Gasteiger partial charge >= 0.3 is 0 Å². The van der Waals surface area contributed by atoms with Gasteiger partial charge in [-0.3, -0.25) is 4.79 Å². The molecule has 0 spiro atoms. The second-order valence-electron chi connectivity index (χ2n) is 4.17. The molecule has 0 radical (unpaired) electrons. The Balaban J connectivity index is 2.45. The molecule has 1 aliphatic rings. The Kier molecular flexibility index (Phi) is 2.96. The first-order valence-corrected chi connectivity index (χ1v) is 5.50. The van der Waals surface area contributed by atoms with Crippen LogP contribution in [-0.2, 0) is 11.2 Å². The van der Waals surface area contributed by atoms with E-state index in [1.807, 2.05) is 25.2 Å². The Hall–Kier alpha value is -1.75. The van der Waals surface area contributed by atoms with Crippen LogP contribution in [0.25, 0.3) is 0 Å². The molecule has 0 bridgehead atoms. The number of benzene rings is 1. The Bertz CT molecular complexity index is 444. The van der Waals surface area contributed by atoms with Crippen LogP contribution in [0.2, 0.25) is 0 Å². The van der Waals surface area contributed by atoms with Gasteiger partial charge in [0.05, 0.1) is 5.92 Å². The van der Waals surface area contributed by atoms with Crippen molar-refractivity contribution in [1.29, 1.82) is 0 Å². The lowest BCUT2D eigenvalue weighted by atomic mass is 9.91. The van der Waals surface area contributed by atoms with E-state index in [0.29, 0.717) is 6.42 Å². The van der Waals surface area contributed by atoms with Crippen LogP contribution in [0.5, 0.6) is 0 Å². The van der Waals surface area contributed by atoms with Crippen LogP contribution in [-0.4, -0.2) is 24.4 Å². The number of hydrogen-bond acceptors (Lipinski definition) is 1. The number of terminal acetylenes is 1. The van der Waals surface area contributed by atoms with E-state index in [2.05, 4.69) is 12.0 Å². The molecule has 2 rings (SSSR count). The summed E-state index contributed by atoms with van der Waals surface area (Å²) in [7, 11) is 1.84. The minimum absolute atomic E-state index is 0.142. The summed E-state index contributed by atoms with van der Waals surface area (Å²) < 4.78 is 0. The summed E-state index contributed by atoms with van der Waals surface area (Å²) in [6, 6.07) is 8.10. The van der Waals surface area contributed by atoms with Crippen molar-refractivity contribution in [1.82, 2.24) is 4.90 Å². The lowest BCUT2D eigenvalue weighted by molar-refractivity contribution is -0.131. The molecule has 1 atom stereocenters. The molecule has 1 unspecified atom stereocenters. The van der Waals surface area contributed by atoms with Crippen LogP contribution in [0.4, 0.5) is 0 Å². The molecule has 0 N–H and O–H groups in total. The van der Waals surface area contributed by atoms with E-state index in [1.165, 1.54) is 5.56 Å². The Morgan fingerprint density at radius 3 is 3.00 bits per heavy atom. The van der Waals surface area contributed by atoms with Crippen molar-refractivity contribution in [2.24, 2.45) is 0 Å². The maximum absolute atomic E-state index is 12.1. The molecule has 1 aromatic rings. The van der Waals surface area contributed by atoms with Crippen molar-refractivity contribution >= 4 is 5.91 Å². The van der Waals surface area contributed by atoms with Crippen LogP contribution in [0.1, 0.15) is 23.5 Å². The molecule has 16 heavy (non-hydrogen) atoms. The van der Waals surface area contributed by atoms with Crippen LogP contribution in [0.3, 0.4) is 0 Å². The number of carbonyl (C=O) groups is 1. The lowest BCUT2D eigenvalue weighted by Gasteiger charge is -2.19. The molecule has 2 nitrogen and oxygen atoms in total. The molecule has 1 aromatic carbocycles. The van der Waals surface area contributed by atoms with Gasteiger partial charge in [0.15, 0.2) is 0 Å². The van der Waals surface area contributed by atoms with E-state index in [1.54, 1.807) is 4.90 Å². The van der Waals surface area contributed by atoms with Crippen LogP contribution in [0.15, 0.2) is 24.3 Å². The SMILES string of the molecule is C#CCC1C(=O)N(C)CCc2ccccc21. The zero-order valence-electron chi connectivity index (χ0n) is 9.44. The van der Waals surface area contributed by atoms with E-state index >= 15 is 0 Å². The van der Waals surface area contributed by atoms with Crippen molar-refractivity contribution in [3.05, 3.63) is 35.4 Å². The van der Waals surface area contributed by atoms with Crippen molar-refractivity contribution in [3.8, 4) is 12.3 Å². The fourth-order valence-corrected chi connectivity index (χ4v) is 2.21. The van der Waals surface area contributed by atoms with Gasteiger partial charge in [0.25, 0.3) is 0 Å². The first-order chi connectivity index (χ1) is 7.74. The van der Waals surface area contributed by atoms with Gasteiger partial charge in [-0.1, -0.05) is 24.3 Å². The largest absolute Gasteiger partial charge is 0.345 e. The van der Waals surface area contributed by atoms with E-state index in [0.717, 1.165) is 18.5 Å². The molecule has 1 amide bonds. The average Bonchev–Trinajstić information content (AvgIpc) is 2.42. The Morgan fingerprint density at radius 2 is 2.25 bits per heavy atom. The highest BCUT2D eigenvalue weighted by Crippen LogP contribution is 2.28. The maximum Gasteiger partial charge on any atom is 0.230 e. The monoisotopic (exact) mass is 213 g/mol. The first-order valence-electron chi connectivity index (χ1n) is 5.50. The van der Waals surface area contributed by atoms with Gasteiger partial charge in [-0.25, -0.2) is 0 Å². The highest BCUT2D eigenvalue weighted by molar-refractivity contribution is 5.85. The average molecular weight is 213 g/mol. The zero-order valence-corrected chi connectivity index (χ0v) is 9.44. The van der Waals surface area contributed by atoms with Crippen molar-refractivity contribution in [3.63, 3.8) is 0 Å². The summed E-state index contributed by atoms with van der Waals surface area (Å²) in [5.74, 6) is 2.59. The minimum Gasteiger partial charge on any atom is -0.345 e. The molecular weight excluding hydrogens is 198 g/mol. The second-order valence-corrected chi connectivity index (χ2v) is 4.17. The van der Waals surface area contributed by atoms with Crippen molar-refractivity contribution in [2.75, 3.05) is 13.6 Å². The molecule has 0 saturated heterocycles. The summed E-state index contributed by atoms with van der Waals surface area (Å²) in [4.78, 5) is 13.9. The summed E-state index contributed by atoms with van der Waals surface area (Å²) >= 11 is 0. The molecule has 0 saturated carbocycles. The van der Waals surface area contributed by atoms with Gasteiger partial charge in [0.2, 0.25) is 5.91 Å². The smallest absolute Gasteiger partial charge is 0.230 e. The molecule has 0 aliphatic carbocycles. The highest BCUT2D eigenvalue weighted by atomic mass is 16.2. The molecule has 1 aliphatic heterocycles. The Morgan fingerprint density at radius 1 is 1.50 bits per heavy atom. The van der Waals surface area contributed by atoms with Crippen LogP contribution in [0, 0.1) is 12.3 Å². The van der Waals surface area contributed by atoms with Gasteiger partial charge in [-0.2, -0.15) is 0 Å². The van der Waals surface area contributed by atoms with E-state index in [9.17, 15) is 4.79 Å². The number of fused-ring (bicyclic) bond motifs is 1. The van der Waals surface area contributed by atoms with Gasteiger partial charge < -0.3 is 4.90 Å². The first kappa shape index (κ1) is 10.8. The number of hydrogen-bond donors (Lipinski definition) is 0. The van der Waals surface area contributed by atoms with Crippen molar-refractivity contribution < 1.29 is 4.79 Å². The molecule has 0 fully saturated rings. The van der Waals surface area contributed by atoms with E-state index < -0.39 is 0 Å². The lowest BCUT2D eigenvalue weighted by Crippen LogP contribution is -2.30. The Labute approximate surface area is 96.3 Å². The van der Waals surface area contributed by atoms with Crippen LogP contribution >= 0.6 is 0 Å². The third-order valence-corrected chi connectivity index (χ3v) is 3.14. The van der Waals surface area contributed by atoms with Gasteiger partial charge in [-0.15, -0.1) is 12.3 Å². The predicted octanol–water partition coefficient (Wildman–Crippen LogP) is 1.81. The van der Waals surface area contributed by atoms with Gasteiger partial charge in [0, 0.05) is 20.0 Å². The molecule has 2 heteroatoms. The normalized spacial score (nSPS) is 19.9. The number of carbonyl (C=O) groups excluding carboxylic acids is 1. The van der Waals surface area contributed by atoms with Crippen molar-refractivity contribution in [2.45, 2.75) is 18.8 Å². The fourth-order valence-electron chi connectivity index (χ4n) is 2.21. The standard InChI is InChI=1S/C14H15NO/c1-3-6-13-12-8-5-4-7-11(12)9-10-15(2)14(13)16/h1,4-5,7-8,13H,6,9-10H2,2H3. The number of amides is 1. The third-order valence-electron chi connectivity index (χ3n) is 3.14. The highest BCUT2D eigenvalue weighted by Gasteiger charge is 2.27. The molecule has 1 heterocycles. The number of likely N-dealkylation sites (N-methyl/N-ethyl adjacent to an activating group) is 1. The third kappa shape index (κ3) is 1.81. The molecule has 0 aromatic heterocycles. The van der Waals surface area contributed by atoms with E-state index in [4.69, 9.17) is 6.42 Å². The second kappa shape index (κ2) is 4.40. The maximum atomic E-state index is 12.1. The van der Waals surface area contributed by atoms with Gasteiger partial charge in [0.1, 0.15) is 0 Å². The summed E-state index contributed by atoms with van der Waals surface area (Å²) in [6.45, 7) is 0.775. The molecule has 82 valence electrons. The minimum atomic E-state index is -0.159. The quantitative estimate of drug-likeness (QED) is 0.651. The topological polar surface area (TPSA) is 20.3 Å². The number of nitrogens with zero attached hydrogens (tertiary/aromatic N) is 1. The summed E-state index contributed by atoms with van der Waals surface area (Å²) in [5, 5.41) is 0.